The van der Waals surface area contributed by atoms with E-state index < -0.39 is 0 Å². The lowest BCUT2D eigenvalue weighted by molar-refractivity contribution is -0.135. The fraction of sp³-hybridized carbons (Fsp3) is 0.857. The maximum Gasteiger partial charge on any atom is 0.223 e. The quantitative estimate of drug-likeness (QED) is 0.765. The first kappa shape index (κ1) is 13.3. The van der Waals surface area contributed by atoms with Crippen LogP contribution in [0.5, 0.6) is 0 Å². The summed E-state index contributed by atoms with van der Waals surface area (Å²) in [6, 6.07) is 0.296. The molecule has 2 atom stereocenters. The average molecular weight is 282 g/mol. The lowest BCUT2D eigenvalue weighted by Crippen LogP contribution is -2.55. The molecular formula is C14H22N2O2S. The molecular weight excluding hydrogens is 260 g/mol. The third-order valence-corrected chi connectivity index (χ3v) is 5.66. The van der Waals surface area contributed by atoms with Crippen molar-refractivity contribution in [1.82, 2.24) is 10.2 Å². The van der Waals surface area contributed by atoms with Crippen molar-refractivity contribution in [1.29, 1.82) is 0 Å². The molecule has 0 aromatic heterocycles. The zero-order chi connectivity index (χ0) is 13.5. The van der Waals surface area contributed by atoms with Crippen molar-refractivity contribution < 1.29 is 9.59 Å². The number of hydrogen-bond acceptors (Lipinski definition) is 3. The van der Waals surface area contributed by atoms with Crippen molar-refractivity contribution in [2.45, 2.75) is 44.6 Å². The number of nitrogens with zero attached hydrogens (tertiary/aromatic N) is 1. The number of fused-ring (bicyclic) bond motifs is 1. The standard InChI is InChI=1S/C14H22N2O2S/c17-12-2-1-10-8-16(6-3-11(10)15-12)13(18)7-14(9-19)4-5-14/h10-11,19H,1-9H2,(H,15,17). The Hall–Kier alpha value is -0.710. The SMILES string of the molecule is O=C1CCC2CN(C(=O)CC3(CS)CC3)CCC2N1. The summed E-state index contributed by atoms with van der Waals surface area (Å²) in [7, 11) is 0. The van der Waals surface area contributed by atoms with Gasteiger partial charge in [0.15, 0.2) is 0 Å². The summed E-state index contributed by atoms with van der Waals surface area (Å²) in [5, 5.41) is 3.06. The summed E-state index contributed by atoms with van der Waals surface area (Å²) in [4.78, 5) is 25.7. The molecule has 0 bridgehead atoms. The van der Waals surface area contributed by atoms with Crippen molar-refractivity contribution in [3.8, 4) is 0 Å². The van der Waals surface area contributed by atoms with Crippen LogP contribution >= 0.6 is 12.6 Å². The molecule has 106 valence electrons. The minimum atomic E-state index is 0.174. The van der Waals surface area contributed by atoms with E-state index in [0.717, 1.165) is 44.5 Å². The third-order valence-electron chi connectivity index (χ3n) is 4.99. The van der Waals surface area contributed by atoms with Gasteiger partial charge >= 0.3 is 0 Å². The molecule has 0 aromatic rings. The first-order valence-corrected chi connectivity index (χ1v) is 7.93. The monoisotopic (exact) mass is 282 g/mol. The predicted octanol–water partition coefficient (Wildman–Crippen LogP) is 1.21. The summed E-state index contributed by atoms with van der Waals surface area (Å²) >= 11 is 4.37. The number of thiol groups is 1. The Bertz CT molecular complexity index is 395. The fourth-order valence-corrected chi connectivity index (χ4v) is 3.76. The predicted molar refractivity (Wildman–Crippen MR) is 76.0 cm³/mol. The Labute approximate surface area is 119 Å². The van der Waals surface area contributed by atoms with E-state index >= 15 is 0 Å². The highest BCUT2D eigenvalue weighted by Gasteiger charge is 2.44. The molecule has 2 aliphatic heterocycles. The molecule has 0 aromatic carbocycles. The van der Waals surface area contributed by atoms with Gasteiger partial charge < -0.3 is 10.2 Å². The maximum atomic E-state index is 12.4. The van der Waals surface area contributed by atoms with Crippen molar-refractivity contribution >= 4 is 24.4 Å². The molecule has 1 aliphatic carbocycles. The summed E-state index contributed by atoms with van der Waals surface area (Å²) in [6.45, 7) is 1.62. The lowest BCUT2D eigenvalue weighted by Gasteiger charge is -2.41. The number of carbonyl (C=O) groups excluding carboxylic acids is 2. The molecule has 2 saturated heterocycles. The molecule has 19 heavy (non-hydrogen) atoms. The number of carbonyl (C=O) groups is 2. The van der Waals surface area contributed by atoms with Gasteiger partial charge in [0.2, 0.25) is 11.8 Å². The average Bonchev–Trinajstić information content (AvgIpc) is 3.18. The molecule has 1 N–H and O–H groups in total. The summed E-state index contributed by atoms with van der Waals surface area (Å²) in [5.74, 6) is 1.76. The Morgan fingerprint density at radius 2 is 2.21 bits per heavy atom. The van der Waals surface area contributed by atoms with Gasteiger partial charge in [-0.2, -0.15) is 12.6 Å². The molecule has 5 heteroatoms. The number of likely N-dealkylation sites (tertiary alicyclic amines) is 1. The zero-order valence-corrected chi connectivity index (χ0v) is 12.1. The van der Waals surface area contributed by atoms with Gasteiger partial charge in [0, 0.05) is 32.0 Å². The van der Waals surface area contributed by atoms with Crippen molar-refractivity contribution in [2.75, 3.05) is 18.8 Å². The molecule has 1 saturated carbocycles. The zero-order valence-electron chi connectivity index (χ0n) is 11.2. The van der Waals surface area contributed by atoms with E-state index in [0.29, 0.717) is 30.7 Å². The second-order valence-corrected chi connectivity index (χ2v) is 6.75. The van der Waals surface area contributed by atoms with Crippen molar-refractivity contribution in [3.63, 3.8) is 0 Å². The van der Waals surface area contributed by atoms with Gasteiger partial charge in [0.05, 0.1) is 0 Å². The Morgan fingerprint density at radius 3 is 2.89 bits per heavy atom. The molecule has 0 radical (unpaired) electrons. The first-order chi connectivity index (χ1) is 9.12. The molecule has 0 spiro atoms. The number of nitrogens with one attached hydrogen (secondary N) is 1. The number of piperidine rings is 2. The maximum absolute atomic E-state index is 12.4. The van der Waals surface area contributed by atoms with E-state index in [1.54, 1.807) is 0 Å². The van der Waals surface area contributed by atoms with Gasteiger partial charge in [0.25, 0.3) is 0 Å². The van der Waals surface area contributed by atoms with Crippen LogP contribution in [0.15, 0.2) is 0 Å². The molecule has 2 amide bonds. The lowest BCUT2D eigenvalue weighted by atomic mass is 9.85. The van der Waals surface area contributed by atoms with Crippen LogP contribution in [0.25, 0.3) is 0 Å². The highest BCUT2D eigenvalue weighted by molar-refractivity contribution is 7.80. The smallest absolute Gasteiger partial charge is 0.223 e. The molecule has 2 unspecified atom stereocenters. The largest absolute Gasteiger partial charge is 0.353 e. The van der Waals surface area contributed by atoms with E-state index in [-0.39, 0.29) is 11.3 Å². The van der Waals surface area contributed by atoms with Gasteiger partial charge in [-0.15, -0.1) is 0 Å². The van der Waals surface area contributed by atoms with E-state index in [4.69, 9.17) is 0 Å². The van der Waals surface area contributed by atoms with Gasteiger partial charge in [-0.1, -0.05) is 0 Å². The van der Waals surface area contributed by atoms with Crippen LogP contribution in [0.1, 0.15) is 38.5 Å². The van der Waals surface area contributed by atoms with E-state index in [9.17, 15) is 9.59 Å². The van der Waals surface area contributed by atoms with Crippen LogP contribution in [-0.2, 0) is 9.59 Å². The van der Waals surface area contributed by atoms with Crippen molar-refractivity contribution in [3.05, 3.63) is 0 Å². The summed E-state index contributed by atoms with van der Waals surface area (Å²) < 4.78 is 0. The van der Waals surface area contributed by atoms with Gasteiger partial charge in [-0.25, -0.2) is 0 Å². The summed E-state index contributed by atoms with van der Waals surface area (Å²) in [6.07, 6.45) is 5.43. The van der Waals surface area contributed by atoms with Crippen LogP contribution in [0.2, 0.25) is 0 Å². The highest BCUT2D eigenvalue weighted by Crippen LogP contribution is 2.50. The molecule has 3 aliphatic rings. The first-order valence-electron chi connectivity index (χ1n) is 7.30. The topological polar surface area (TPSA) is 49.4 Å². The van der Waals surface area contributed by atoms with Gasteiger partial charge in [0.1, 0.15) is 0 Å². The molecule has 3 fully saturated rings. The Balaban J connectivity index is 1.56. The van der Waals surface area contributed by atoms with Crippen LogP contribution in [0, 0.1) is 11.3 Å². The Kier molecular flexibility index (Phi) is 3.50. The fourth-order valence-electron chi connectivity index (χ4n) is 3.34. The van der Waals surface area contributed by atoms with Gasteiger partial charge in [-0.3, -0.25) is 9.59 Å². The van der Waals surface area contributed by atoms with E-state index in [1.165, 1.54) is 0 Å². The van der Waals surface area contributed by atoms with Crippen LogP contribution in [0.4, 0.5) is 0 Å². The van der Waals surface area contributed by atoms with Crippen molar-refractivity contribution in [2.24, 2.45) is 11.3 Å². The van der Waals surface area contributed by atoms with E-state index in [1.807, 2.05) is 4.90 Å². The molecule has 2 heterocycles. The van der Waals surface area contributed by atoms with Crippen LogP contribution in [-0.4, -0.2) is 41.6 Å². The minimum Gasteiger partial charge on any atom is -0.353 e. The number of hydrogen-bond donors (Lipinski definition) is 2. The summed E-state index contributed by atoms with van der Waals surface area (Å²) in [5.41, 5.74) is 0.206. The van der Waals surface area contributed by atoms with Crippen LogP contribution in [0.3, 0.4) is 0 Å². The minimum absolute atomic E-state index is 0.174. The second kappa shape index (κ2) is 5.00. The number of rotatable bonds is 3. The van der Waals surface area contributed by atoms with Gasteiger partial charge in [-0.05, 0) is 42.8 Å². The van der Waals surface area contributed by atoms with Crippen LogP contribution < -0.4 is 5.32 Å². The van der Waals surface area contributed by atoms with E-state index in [2.05, 4.69) is 17.9 Å². The molecule has 3 rings (SSSR count). The number of amides is 2. The third kappa shape index (κ3) is 2.76. The Morgan fingerprint density at radius 1 is 1.42 bits per heavy atom. The second-order valence-electron chi connectivity index (χ2n) is 6.44. The normalized spacial score (nSPS) is 32.5. The highest BCUT2D eigenvalue weighted by atomic mass is 32.1. The molecule has 4 nitrogen and oxygen atoms in total.